The van der Waals surface area contributed by atoms with Crippen molar-refractivity contribution in [3.8, 4) is 0 Å². The summed E-state index contributed by atoms with van der Waals surface area (Å²) in [6, 6.07) is 13.4. The monoisotopic (exact) mass is 450 g/mol. The Morgan fingerprint density at radius 3 is 2.52 bits per heavy atom. The number of benzene rings is 2. The summed E-state index contributed by atoms with van der Waals surface area (Å²) in [5.41, 5.74) is 0.591. The lowest BCUT2D eigenvalue weighted by atomic mass is 10.2. The van der Waals surface area contributed by atoms with Crippen LogP contribution in [-0.2, 0) is 4.79 Å². The minimum absolute atomic E-state index is 0.0759. The van der Waals surface area contributed by atoms with Crippen LogP contribution in [0.25, 0.3) is 0 Å². The van der Waals surface area contributed by atoms with Crippen LogP contribution >= 0.6 is 35.0 Å². The van der Waals surface area contributed by atoms with Gasteiger partial charge < -0.3 is 10.6 Å². The Labute approximate surface area is 179 Å². The van der Waals surface area contributed by atoms with Crippen molar-refractivity contribution in [2.45, 2.75) is 5.03 Å². The third-order valence-corrected chi connectivity index (χ3v) is 5.28. The number of aromatic nitrogens is 2. The molecule has 0 spiro atoms. The molecule has 2 aromatic carbocycles. The van der Waals surface area contributed by atoms with Crippen molar-refractivity contribution in [2.24, 2.45) is 0 Å². The quantitative estimate of drug-likeness (QED) is 0.521. The number of nitrogens with zero attached hydrogens (tertiary/aromatic N) is 2. The molecule has 0 aliphatic carbocycles. The van der Waals surface area contributed by atoms with Crippen molar-refractivity contribution in [3.05, 3.63) is 76.0 Å². The number of anilines is 2. The molecular formula is C19H13Cl2FN4O2S. The van der Waals surface area contributed by atoms with Crippen LogP contribution < -0.4 is 10.6 Å². The van der Waals surface area contributed by atoms with Crippen molar-refractivity contribution in [1.82, 2.24) is 10.2 Å². The number of thioether (sulfide) groups is 1. The van der Waals surface area contributed by atoms with E-state index in [1.54, 1.807) is 24.3 Å². The zero-order chi connectivity index (χ0) is 20.8. The molecule has 29 heavy (non-hydrogen) atoms. The van der Waals surface area contributed by atoms with Crippen LogP contribution in [0.3, 0.4) is 0 Å². The normalized spacial score (nSPS) is 10.4. The molecule has 0 aliphatic heterocycles. The lowest BCUT2D eigenvalue weighted by Gasteiger charge is -2.08. The van der Waals surface area contributed by atoms with Crippen molar-refractivity contribution in [2.75, 3.05) is 16.4 Å². The van der Waals surface area contributed by atoms with Crippen LogP contribution in [0.1, 0.15) is 10.4 Å². The van der Waals surface area contributed by atoms with Crippen LogP contribution in [0.2, 0.25) is 10.0 Å². The lowest BCUT2D eigenvalue weighted by Crippen LogP contribution is -2.15. The smallest absolute Gasteiger partial charge is 0.256 e. The molecule has 1 aromatic heterocycles. The number of amides is 2. The van der Waals surface area contributed by atoms with Gasteiger partial charge in [0.25, 0.3) is 5.91 Å². The molecule has 148 valence electrons. The Bertz CT molecular complexity index is 1050. The number of hydrogen-bond acceptors (Lipinski definition) is 5. The van der Waals surface area contributed by atoms with E-state index >= 15 is 0 Å². The number of hydrogen-bond donors (Lipinski definition) is 2. The van der Waals surface area contributed by atoms with Crippen molar-refractivity contribution in [1.29, 1.82) is 0 Å². The first-order chi connectivity index (χ1) is 13.9. The van der Waals surface area contributed by atoms with E-state index < -0.39 is 11.7 Å². The minimum Gasteiger partial charge on any atom is -0.324 e. The summed E-state index contributed by atoms with van der Waals surface area (Å²) in [6.07, 6.45) is 0. The van der Waals surface area contributed by atoms with Gasteiger partial charge in [-0.15, -0.1) is 10.2 Å². The standard InChI is InChI=1S/C19H13Cl2FN4O2S/c20-13-5-2-6-14(18(13)21)23-16(27)10-29-17-8-7-15(25-26-17)24-19(28)11-3-1-4-12(22)9-11/h1-9H,10H2,(H,23,27)(H,24,25,28). The second-order valence-corrected chi connectivity index (χ2v) is 7.44. The van der Waals surface area contributed by atoms with E-state index in [4.69, 9.17) is 23.2 Å². The van der Waals surface area contributed by atoms with E-state index in [1.807, 2.05) is 0 Å². The van der Waals surface area contributed by atoms with Crippen LogP contribution in [0, 0.1) is 5.82 Å². The van der Waals surface area contributed by atoms with Crippen LogP contribution in [-0.4, -0.2) is 27.8 Å². The van der Waals surface area contributed by atoms with Crippen LogP contribution in [0.5, 0.6) is 0 Å². The van der Waals surface area contributed by atoms with Gasteiger partial charge in [-0.25, -0.2) is 4.39 Å². The maximum Gasteiger partial charge on any atom is 0.256 e. The molecule has 0 atom stereocenters. The second-order valence-electron chi connectivity index (χ2n) is 5.66. The lowest BCUT2D eigenvalue weighted by molar-refractivity contribution is -0.113. The molecule has 0 radical (unpaired) electrons. The molecular weight excluding hydrogens is 438 g/mol. The van der Waals surface area contributed by atoms with Crippen LogP contribution in [0.4, 0.5) is 15.9 Å². The van der Waals surface area contributed by atoms with Gasteiger partial charge in [0.2, 0.25) is 5.91 Å². The first kappa shape index (κ1) is 21.0. The van der Waals surface area contributed by atoms with Gasteiger partial charge in [0.15, 0.2) is 5.82 Å². The Balaban J connectivity index is 1.53. The SMILES string of the molecule is O=C(CSc1ccc(NC(=O)c2cccc(F)c2)nn1)Nc1cccc(Cl)c1Cl. The van der Waals surface area contributed by atoms with Gasteiger partial charge in [-0.1, -0.05) is 47.1 Å². The molecule has 0 saturated heterocycles. The van der Waals surface area contributed by atoms with Gasteiger partial charge in [0.05, 0.1) is 21.5 Å². The second kappa shape index (κ2) is 9.69. The first-order valence-electron chi connectivity index (χ1n) is 8.19. The van der Waals surface area contributed by atoms with Gasteiger partial charge in [0, 0.05) is 5.56 Å². The zero-order valence-corrected chi connectivity index (χ0v) is 17.0. The van der Waals surface area contributed by atoms with Gasteiger partial charge >= 0.3 is 0 Å². The highest BCUT2D eigenvalue weighted by atomic mass is 35.5. The molecule has 2 amide bonds. The van der Waals surface area contributed by atoms with E-state index in [0.29, 0.717) is 15.7 Å². The fraction of sp³-hybridized carbons (Fsp3) is 0.0526. The molecule has 0 unspecified atom stereocenters. The average Bonchev–Trinajstić information content (AvgIpc) is 2.71. The van der Waals surface area contributed by atoms with Crippen molar-refractivity contribution >= 4 is 58.3 Å². The number of carbonyl (C=O) groups excluding carboxylic acids is 2. The summed E-state index contributed by atoms with van der Waals surface area (Å²) in [5, 5.41) is 14.1. The Kier molecular flexibility index (Phi) is 7.03. The molecule has 1 heterocycles. The highest BCUT2D eigenvalue weighted by Gasteiger charge is 2.11. The third-order valence-electron chi connectivity index (χ3n) is 3.55. The summed E-state index contributed by atoms with van der Waals surface area (Å²) in [6.45, 7) is 0. The predicted molar refractivity (Wildman–Crippen MR) is 112 cm³/mol. The average molecular weight is 451 g/mol. The highest BCUT2D eigenvalue weighted by molar-refractivity contribution is 7.99. The third kappa shape index (κ3) is 5.90. The Hall–Kier alpha value is -2.68. The minimum atomic E-state index is -0.507. The molecule has 3 rings (SSSR count). The molecule has 2 N–H and O–H groups in total. The summed E-state index contributed by atoms with van der Waals surface area (Å²) < 4.78 is 13.2. The maximum absolute atomic E-state index is 13.2. The number of nitrogens with one attached hydrogen (secondary N) is 2. The Morgan fingerprint density at radius 1 is 1.00 bits per heavy atom. The number of carbonyl (C=O) groups is 2. The molecule has 10 heteroatoms. The van der Waals surface area contributed by atoms with Gasteiger partial charge in [-0.3, -0.25) is 9.59 Å². The van der Waals surface area contributed by atoms with E-state index in [0.717, 1.165) is 17.8 Å². The number of halogens is 3. The fourth-order valence-corrected chi connectivity index (χ4v) is 3.17. The van der Waals surface area contributed by atoms with Crippen molar-refractivity contribution < 1.29 is 14.0 Å². The van der Waals surface area contributed by atoms with Gasteiger partial charge in [-0.05, 0) is 42.5 Å². The predicted octanol–water partition coefficient (Wildman–Crippen LogP) is 4.91. The summed E-state index contributed by atoms with van der Waals surface area (Å²) in [5.74, 6) is -1.01. The fourth-order valence-electron chi connectivity index (χ4n) is 2.21. The summed E-state index contributed by atoms with van der Waals surface area (Å²) in [7, 11) is 0. The highest BCUT2D eigenvalue weighted by Crippen LogP contribution is 2.29. The van der Waals surface area contributed by atoms with E-state index in [-0.39, 0.29) is 28.1 Å². The zero-order valence-electron chi connectivity index (χ0n) is 14.7. The number of rotatable bonds is 6. The van der Waals surface area contributed by atoms with E-state index in [2.05, 4.69) is 20.8 Å². The van der Waals surface area contributed by atoms with Crippen LogP contribution in [0.15, 0.2) is 59.6 Å². The van der Waals surface area contributed by atoms with Crippen molar-refractivity contribution in [3.63, 3.8) is 0 Å². The van der Waals surface area contributed by atoms with E-state index in [9.17, 15) is 14.0 Å². The Morgan fingerprint density at radius 2 is 1.79 bits per heavy atom. The summed E-state index contributed by atoms with van der Waals surface area (Å²) >= 11 is 13.1. The molecule has 0 fully saturated rings. The molecule has 0 aliphatic rings. The summed E-state index contributed by atoms with van der Waals surface area (Å²) in [4.78, 5) is 24.1. The molecule has 0 saturated carbocycles. The molecule has 3 aromatic rings. The topological polar surface area (TPSA) is 84.0 Å². The van der Waals surface area contributed by atoms with Gasteiger partial charge in [0.1, 0.15) is 10.8 Å². The first-order valence-corrected chi connectivity index (χ1v) is 9.94. The largest absolute Gasteiger partial charge is 0.324 e. The van der Waals surface area contributed by atoms with E-state index in [1.165, 1.54) is 24.3 Å². The maximum atomic E-state index is 13.2. The molecule has 6 nitrogen and oxygen atoms in total. The molecule has 0 bridgehead atoms. The van der Waals surface area contributed by atoms with Gasteiger partial charge in [-0.2, -0.15) is 0 Å².